The van der Waals surface area contributed by atoms with Gasteiger partial charge in [-0.1, -0.05) is 12.1 Å². The summed E-state index contributed by atoms with van der Waals surface area (Å²) in [4.78, 5) is 12.4. The second-order valence-corrected chi connectivity index (χ2v) is 8.81. The number of carbonyl (C=O) groups is 1. The maximum absolute atomic E-state index is 12.4. The van der Waals surface area contributed by atoms with E-state index < -0.39 is 5.91 Å². The summed E-state index contributed by atoms with van der Waals surface area (Å²) in [6, 6.07) is 8.72. The number of amides is 1. The van der Waals surface area contributed by atoms with Crippen LogP contribution in [0.2, 0.25) is 0 Å². The molecule has 1 aromatic carbocycles. The molecule has 0 spiro atoms. The van der Waals surface area contributed by atoms with Crippen LogP contribution in [0.1, 0.15) is 45.4 Å². The average molecular weight is 365 g/mol. The number of phenolic OH excluding ortho intramolecular Hbond substituents is 1. The van der Waals surface area contributed by atoms with E-state index in [0.29, 0.717) is 11.1 Å². The van der Waals surface area contributed by atoms with Crippen LogP contribution in [0.15, 0.2) is 36.0 Å². The van der Waals surface area contributed by atoms with E-state index in [1.165, 1.54) is 44.6 Å². The second-order valence-electron chi connectivity index (χ2n) is 8.81. The van der Waals surface area contributed by atoms with Crippen molar-refractivity contribution in [3.63, 3.8) is 0 Å². The van der Waals surface area contributed by atoms with E-state index >= 15 is 0 Å². The van der Waals surface area contributed by atoms with Gasteiger partial charge < -0.3 is 15.7 Å². The van der Waals surface area contributed by atoms with E-state index in [-0.39, 0.29) is 17.4 Å². The van der Waals surface area contributed by atoms with Crippen LogP contribution in [-0.4, -0.2) is 17.1 Å². The van der Waals surface area contributed by atoms with Gasteiger partial charge in [0.25, 0.3) is 5.91 Å². The van der Waals surface area contributed by atoms with E-state index in [4.69, 9.17) is 0 Å². The Hall–Kier alpha value is -2.48. The van der Waals surface area contributed by atoms with Crippen molar-refractivity contribution in [3.05, 3.63) is 36.0 Å². The summed E-state index contributed by atoms with van der Waals surface area (Å²) in [5.74, 6) is 2.07. The van der Waals surface area contributed by atoms with Crippen LogP contribution in [0.3, 0.4) is 0 Å². The highest BCUT2D eigenvalue weighted by Crippen LogP contribution is 2.61. The minimum Gasteiger partial charge on any atom is -0.506 e. The zero-order valence-electron chi connectivity index (χ0n) is 15.7. The third-order valence-electron chi connectivity index (χ3n) is 7.00. The number of rotatable bonds is 5. The van der Waals surface area contributed by atoms with Crippen LogP contribution < -0.4 is 10.6 Å². The first-order chi connectivity index (χ1) is 13.0. The first-order valence-electron chi connectivity index (χ1n) is 9.95. The van der Waals surface area contributed by atoms with Crippen LogP contribution in [0.25, 0.3) is 0 Å². The lowest BCUT2D eigenvalue weighted by molar-refractivity contribution is -0.112. The van der Waals surface area contributed by atoms with Gasteiger partial charge in [-0.05, 0) is 80.8 Å². The van der Waals surface area contributed by atoms with Gasteiger partial charge >= 0.3 is 0 Å². The molecule has 5 nitrogen and oxygen atoms in total. The predicted octanol–water partition coefficient (Wildman–Crippen LogP) is 3.93. The normalized spacial score (nSPS) is 32.6. The third-order valence-corrected chi connectivity index (χ3v) is 7.00. The molecule has 0 radical (unpaired) electrons. The summed E-state index contributed by atoms with van der Waals surface area (Å²) in [6.45, 7) is 2.19. The van der Waals surface area contributed by atoms with Gasteiger partial charge in [0.1, 0.15) is 17.4 Å². The SMILES string of the molecule is CC(N/C=C(/C#N)C(=O)Nc1ccccc1O)C12CC3CC(CC(C3)C1)C2. The summed E-state index contributed by atoms with van der Waals surface area (Å²) < 4.78 is 0. The molecule has 1 atom stereocenters. The second kappa shape index (κ2) is 6.92. The van der Waals surface area contributed by atoms with Crippen LogP contribution >= 0.6 is 0 Å². The van der Waals surface area contributed by atoms with Crippen molar-refractivity contribution < 1.29 is 9.90 Å². The molecule has 4 aliphatic carbocycles. The van der Waals surface area contributed by atoms with Crippen molar-refractivity contribution in [3.8, 4) is 11.8 Å². The average Bonchev–Trinajstić information content (AvgIpc) is 2.63. The lowest BCUT2D eigenvalue weighted by Crippen LogP contribution is -2.54. The molecule has 4 bridgehead atoms. The third kappa shape index (κ3) is 3.41. The molecule has 1 unspecified atom stereocenters. The van der Waals surface area contributed by atoms with Gasteiger partial charge in [0.05, 0.1) is 5.69 Å². The van der Waals surface area contributed by atoms with Gasteiger partial charge in [-0.25, -0.2) is 0 Å². The summed E-state index contributed by atoms with van der Waals surface area (Å²) in [7, 11) is 0. The number of carbonyl (C=O) groups excluding carboxylic acids is 1. The number of benzene rings is 1. The van der Waals surface area contributed by atoms with E-state index in [1.807, 2.05) is 6.07 Å². The Labute approximate surface area is 160 Å². The number of nitrogens with one attached hydrogen (secondary N) is 2. The Morgan fingerprint density at radius 2 is 1.81 bits per heavy atom. The first-order valence-corrected chi connectivity index (χ1v) is 9.95. The van der Waals surface area contributed by atoms with E-state index in [0.717, 1.165) is 17.8 Å². The van der Waals surface area contributed by atoms with Gasteiger partial charge in [-0.3, -0.25) is 4.79 Å². The van der Waals surface area contributed by atoms with Crippen molar-refractivity contribution in [1.82, 2.24) is 5.32 Å². The van der Waals surface area contributed by atoms with E-state index in [2.05, 4.69) is 17.6 Å². The van der Waals surface area contributed by atoms with E-state index in [9.17, 15) is 15.2 Å². The van der Waals surface area contributed by atoms with Crippen molar-refractivity contribution >= 4 is 11.6 Å². The number of para-hydroxylation sites is 2. The zero-order chi connectivity index (χ0) is 19.0. The quantitative estimate of drug-likeness (QED) is 0.419. The Morgan fingerprint density at radius 3 is 2.37 bits per heavy atom. The molecule has 5 rings (SSSR count). The smallest absolute Gasteiger partial charge is 0.267 e. The molecule has 0 saturated heterocycles. The standard InChI is InChI=1S/C22H27N3O2/c1-14(22-9-15-6-16(10-22)8-17(7-15)11-22)24-13-18(12-23)21(27)25-19-4-2-3-5-20(19)26/h2-5,13-17,24,26H,6-11H2,1H3,(H,25,27)/b18-13-. The first kappa shape index (κ1) is 17.9. The minimum absolute atomic E-state index is 0.0157. The summed E-state index contributed by atoms with van der Waals surface area (Å²) in [5.41, 5.74) is 0.632. The number of nitriles is 1. The maximum atomic E-state index is 12.4. The Morgan fingerprint density at radius 1 is 1.22 bits per heavy atom. The summed E-state index contributed by atoms with van der Waals surface area (Å²) in [5, 5.41) is 25.2. The largest absolute Gasteiger partial charge is 0.506 e. The lowest BCUT2D eigenvalue weighted by atomic mass is 9.48. The number of nitrogens with zero attached hydrogens (tertiary/aromatic N) is 1. The number of hydrogen-bond acceptors (Lipinski definition) is 4. The fourth-order valence-electron chi connectivity index (χ4n) is 6.01. The van der Waals surface area contributed by atoms with Crippen molar-refractivity contribution in [2.45, 2.75) is 51.5 Å². The molecular weight excluding hydrogens is 338 g/mol. The van der Waals surface area contributed by atoms with Crippen molar-refractivity contribution in [1.29, 1.82) is 5.26 Å². The molecule has 142 valence electrons. The molecule has 0 aliphatic heterocycles. The Bertz CT molecular complexity index is 773. The van der Waals surface area contributed by atoms with Crippen LogP contribution in [0.5, 0.6) is 5.75 Å². The van der Waals surface area contributed by atoms with Crippen molar-refractivity contribution in [2.75, 3.05) is 5.32 Å². The molecule has 4 fully saturated rings. The number of phenols is 1. The van der Waals surface area contributed by atoms with Gasteiger partial charge in [-0.2, -0.15) is 5.26 Å². The van der Waals surface area contributed by atoms with Gasteiger partial charge in [0.2, 0.25) is 0 Å². The fraction of sp³-hybridized carbons (Fsp3) is 0.545. The maximum Gasteiger partial charge on any atom is 0.267 e. The fourth-order valence-corrected chi connectivity index (χ4v) is 6.01. The molecule has 0 aromatic heterocycles. The van der Waals surface area contributed by atoms with Crippen LogP contribution in [-0.2, 0) is 4.79 Å². The monoisotopic (exact) mass is 365 g/mol. The van der Waals surface area contributed by atoms with Crippen LogP contribution in [0, 0.1) is 34.5 Å². The molecule has 1 aromatic rings. The van der Waals surface area contributed by atoms with Gasteiger partial charge in [0, 0.05) is 12.2 Å². The highest BCUT2D eigenvalue weighted by Gasteiger charge is 2.52. The molecule has 1 amide bonds. The van der Waals surface area contributed by atoms with Gasteiger partial charge in [0.15, 0.2) is 0 Å². The molecule has 27 heavy (non-hydrogen) atoms. The van der Waals surface area contributed by atoms with Crippen LogP contribution in [0.4, 0.5) is 5.69 Å². The highest BCUT2D eigenvalue weighted by atomic mass is 16.3. The molecule has 4 saturated carbocycles. The topological polar surface area (TPSA) is 85.2 Å². The zero-order valence-corrected chi connectivity index (χ0v) is 15.7. The Balaban J connectivity index is 1.44. The molecule has 3 N–H and O–H groups in total. The molecular formula is C22H27N3O2. The Kier molecular flexibility index (Phi) is 4.59. The van der Waals surface area contributed by atoms with E-state index in [1.54, 1.807) is 24.4 Å². The molecule has 4 aliphatic rings. The minimum atomic E-state index is -0.510. The summed E-state index contributed by atoms with van der Waals surface area (Å²) >= 11 is 0. The number of aromatic hydroxyl groups is 1. The lowest BCUT2D eigenvalue weighted by Gasteiger charge is -2.59. The molecule has 0 heterocycles. The van der Waals surface area contributed by atoms with Crippen molar-refractivity contribution in [2.24, 2.45) is 23.2 Å². The number of anilines is 1. The van der Waals surface area contributed by atoms with Gasteiger partial charge in [-0.15, -0.1) is 0 Å². The molecule has 5 heteroatoms. The predicted molar refractivity (Wildman–Crippen MR) is 104 cm³/mol. The summed E-state index contributed by atoms with van der Waals surface area (Å²) in [6.07, 6.45) is 9.56. The number of hydrogen-bond donors (Lipinski definition) is 3. The highest BCUT2D eigenvalue weighted by molar-refractivity contribution is 6.07.